The van der Waals surface area contributed by atoms with Crippen LogP contribution in [0, 0.1) is 13.8 Å². The molecule has 1 heterocycles. The largest absolute Gasteiger partial charge is 0.218 e. The number of nitrogens with one attached hydrogen (secondary N) is 1. The Balaban J connectivity index is 1.83. The summed E-state index contributed by atoms with van der Waals surface area (Å²) in [6.07, 6.45) is 6.16. The molecule has 0 aliphatic rings. The van der Waals surface area contributed by atoms with E-state index in [2.05, 4.69) is 113 Å². The molecule has 0 unspecified atom stereocenters. The minimum absolute atomic E-state index is 0.156. The van der Waals surface area contributed by atoms with Crippen molar-refractivity contribution in [2.45, 2.75) is 47.0 Å². The number of benzene rings is 3. The summed E-state index contributed by atoms with van der Waals surface area (Å²) < 4.78 is 0. The number of H-pyrrole nitrogens is 1. The van der Waals surface area contributed by atoms with Gasteiger partial charge >= 0.3 is 0 Å². The van der Waals surface area contributed by atoms with Gasteiger partial charge in [-0.3, -0.25) is 0 Å². The van der Waals surface area contributed by atoms with E-state index in [1.54, 1.807) is 0 Å². The van der Waals surface area contributed by atoms with Crippen LogP contribution >= 0.6 is 0 Å². The summed E-state index contributed by atoms with van der Waals surface area (Å²) in [7, 11) is 0. The van der Waals surface area contributed by atoms with Crippen molar-refractivity contribution < 1.29 is 4.98 Å². The molecule has 0 saturated carbocycles. The van der Waals surface area contributed by atoms with Crippen LogP contribution in [0.15, 0.2) is 85.6 Å². The van der Waals surface area contributed by atoms with Gasteiger partial charge in [0.2, 0.25) is 5.69 Å². The Labute approximate surface area is 198 Å². The van der Waals surface area contributed by atoms with Crippen molar-refractivity contribution in [1.82, 2.24) is 0 Å². The fourth-order valence-corrected chi connectivity index (χ4v) is 4.58. The molecule has 1 nitrogen and oxygen atoms in total. The van der Waals surface area contributed by atoms with Gasteiger partial charge in [-0.15, -0.1) is 0 Å². The van der Waals surface area contributed by atoms with Crippen LogP contribution in [0.4, 0.5) is 0 Å². The zero-order valence-electron chi connectivity index (χ0n) is 20.7. The Kier molecular flexibility index (Phi) is 6.08. The van der Waals surface area contributed by atoms with Crippen LogP contribution in [-0.2, 0) is 5.41 Å². The predicted molar refractivity (Wildman–Crippen MR) is 143 cm³/mol. The average molecular weight is 433 g/mol. The molecule has 0 spiro atoms. The average Bonchev–Trinajstić information content (AvgIpc) is 2.78. The second kappa shape index (κ2) is 8.83. The van der Waals surface area contributed by atoms with Crippen LogP contribution < -0.4 is 4.98 Å². The van der Waals surface area contributed by atoms with E-state index < -0.39 is 0 Å². The zero-order valence-corrected chi connectivity index (χ0v) is 20.7. The van der Waals surface area contributed by atoms with Crippen molar-refractivity contribution in [3.8, 4) is 22.4 Å². The quantitative estimate of drug-likeness (QED) is 0.287. The summed E-state index contributed by atoms with van der Waals surface area (Å²) in [5.41, 5.74) is 11.1. The molecule has 3 aromatic carbocycles. The van der Waals surface area contributed by atoms with Gasteiger partial charge in [-0.25, -0.2) is 4.98 Å². The highest BCUT2D eigenvalue weighted by molar-refractivity contribution is 5.98. The Hall–Kier alpha value is -3.45. The topological polar surface area (TPSA) is 14.1 Å². The monoisotopic (exact) mass is 432 g/mol. The van der Waals surface area contributed by atoms with Crippen molar-refractivity contribution in [1.29, 1.82) is 0 Å². The van der Waals surface area contributed by atoms with Crippen LogP contribution in [0.3, 0.4) is 0 Å². The Morgan fingerprint density at radius 3 is 2.18 bits per heavy atom. The second-order valence-electron chi connectivity index (χ2n) is 9.99. The number of allylic oxidation sites excluding steroid dienone is 3. The molecule has 0 fully saturated rings. The standard InChI is InChI=1S/C32H33N/c1-8-9-22(3)28-14-15-30-29(23(28)4)16-17-33-31(30)26-19-21(2)18-25(20-26)24-10-12-27(13-11-24)32(5,6)7/h8-20H,3H2,1-2,4-7H3/p+1/b9-8-. The minimum atomic E-state index is 0.156. The van der Waals surface area contributed by atoms with Gasteiger partial charge in [0.15, 0.2) is 6.20 Å². The van der Waals surface area contributed by atoms with E-state index in [0.717, 1.165) is 11.3 Å². The van der Waals surface area contributed by atoms with Crippen molar-refractivity contribution in [3.05, 3.63) is 108 Å². The lowest BCUT2D eigenvalue weighted by Crippen LogP contribution is -2.10. The molecule has 0 atom stereocenters. The van der Waals surface area contributed by atoms with Crippen LogP contribution in [0.1, 0.15) is 49.9 Å². The van der Waals surface area contributed by atoms with E-state index in [1.165, 1.54) is 49.7 Å². The highest BCUT2D eigenvalue weighted by Gasteiger charge is 2.17. The third-order valence-electron chi connectivity index (χ3n) is 6.43. The van der Waals surface area contributed by atoms with Crippen LogP contribution in [0.2, 0.25) is 0 Å². The lowest BCUT2D eigenvalue weighted by molar-refractivity contribution is -0.362. The van der Waals surface area contributed by atoms with Crippen LogP contribution in [-0.4, -0.2) is 0 Å². The molecule has 0 radical (unpaired) electrons. The van der Waals surface area contributed by atoms with E-state index >= 15 is 0 Å². The molecule has 0 aliphatic carbocycles. The van der Waals surface area contributed by atoms with E-state index in [-0.39, 0.29) is 5.41 Å². The fourth-order valence-electron chi connectivity index (χ4n) is 4.58. The van der Waals surface area contributed by atoms with Gasteiger partial charge < -0.3 is 0 Å². The van der Waals surface area contributed by atoms with E-state index in [0.29, 0.717) is 0 Å². The first-order valence-electron chi connectivity index (χ1n) is 11.7. The maximum atomic E-state index is 4.25. The first kappa shape index (κ1) is 22.7. The lowest BCUT2D eigenvalue weighted by atomic mass is 9.86. The number of fused-ring (bicyclic) bond motifs is 1. The molecular formula is C32H34N+. The summed E-state index contributed by atoms with van der Waals surface area (Å²) in [5.74, 6) is 0. The van der Waals surface area contributed by atoms with Crippen molar-refractivity contribution >= 4 is 16.3 Å². The van der Waals surface area contributed by atoms with Crippen LogP contribution in [0.25, 0.3) is 38.7 Å². The Morgan fingerprint density at radius 1 is 0.818 bits per heavy atom. The maximum Gasteiger partial charge on any atom is 0.218 e. The number of hydrogen-bond donors (Lipinski definition) is 0. The summed E-state index contributed by atoms with van der Waals surface area (Å²) in [4.78, 5) is 3.53. The summed E-state index contributed by atoms with van der Waals surface area (Å²) in [6.45, 7) is 17.4. The molecule has 166 valence electrons. The van der Waals surface area contributed by atoms with Gasteiger partial charge in [-0.05, 0) is 88.7 Å². The molecule has 1 heteroatoms. The molecule has 1 N–H and O–H groups in total. The summed E-state index contributed by atoms with van der Waals surface area (Å²) in [5, 5.41) is 2.48. The highest BCUT2D eigenvalue weighted by Crippen LogP contribution is 2.34. The molecule has 0 saturated heterocycles. The molecule has 0 amide bonds. The van der Waals surface area contributed by atoms with E-state index in [1.807, 2.05) is 19.2 Å². The molecule has 0 bridgehead atoms. The minimum Gasteiger partial charge on any atom is -0.211 e. The first-order valence-corrected chi connectivity index (χ1v) is 11.7. The lowest BCUT2D eigenvalue weighted by Gasteiger charge is -2.19. The molecule has 4 aromatic rings. The fraction of sp³-hybridized carbons (Fsp3) is 0.219. The van der Waals surface area contributed by atoms with Gasteiger partial charge in [-0.1, -0.05) is 75.9 Å². The first-order chi connectivity index (χ1) is 15.7. The number of pyridine rings is 1. The number of aromatic amines is 1. The van der Waals surface area contributed by atoms with E-state index in [4.69, 9.17) is 0 Å². The van der Waals surface area contributed by atoms with Gasteiger partial charge in [0.05, 0.1) is 5.39 Å². The number of aromatic nitrogens is 1. The Bertz CT molecular complexity index is 1360. The van der Waals surface area contributed by atoms with Gasteiger partial charge in [0, 0.05) is 11.6 Å². The highest BCUT2D eigenvalue weighted by atomic mass is 14.7. The van der Waals surface area contributed by atoms with Crippen LogP contribution in [0.5, 0.6) is 0 Å². The molecule has 0 aliphatic heterocycles. The predicted octanol–water partition coefficient (Wildman–Crippen LogP) is 8.49. The summed E-state index contributed by atoms with van der Waals surface area (Å²) >= 11 is 0. The Morgan fingerprint density at radius 2 is 1.52 bits per heavy atom. The summed E-state index contributed by atoms with van der Waals surface area (Å²) in [6, 6.07) is 22.4. The van der Waals surface area contributed by atoms with Gasteiger partial charge in [0.25, 0.3) is 0 Å². The smallest absolute Gasteiger partial charge is 0.211 e. The van der Waals surface area contributed by atoms with Crippen molar-refractivity contribution in [2.24, 2.45) is 0 Å². The van der Waals surface area contributed by atoms with Gasteiger partial charge in [0.1, 0.15) is 0 Å². The third-order valence-corrected chi connectivity index (χ3v) is 6.43. The normalized spacial score (nSPS) is 11.9. The number of rotatable bonds is 4. The molecule has 4 rings (SSSR count). The number of aryl methyl sites for hydroxylation is 2. The number of hydrogen-bond acceptors (Lipinski definition) is 0. The van der Waals surface area contributed by atoms with E-state index in [9.17, 15) is 0 Å². The maximum absolute atomic E-state index is 4.25. The molecule has 1 aromatic heterocycles. The van der Waals surface area contributed by atoms with Crippen molar-refractivity contribution in [3.63, 3.8) is 0 Å². The van der Waals surface area contributed by atoms with Crippen molar-refractivity contribution in [2.75, 3.05) is 0 Å². The second-order valence-corrected chi connectivity index (χ2v) is 9.99. The zero-order chi connectivity index (χ0) is 23.8. The third kappa shape index (κ3) is 4.54. The molecular weight excluding hydrogens is 398 g/mol. The molecule has 33 heavy (non-hydrogen) atoms. The van der Waals surface area contributed by atoms with Gasteiger partial charge in [-0.2, -0.15) is 0 Å². The SMILES string of the molecule is C=C(/C=C\C)c1ccc2c(-c3cc(C)cc(-c4ccc(C(C)(C)C)cc4)c3)[nH+]ccc2c1C.